The Morgan fingerprint density at radius 1 is 1.00 bits per heavy atom. The lowest BCUT2D eigenvalue weighted by Crippen LogP contribution is -2.27. The van der Waals surface area contributed by atoms with E-state index in [0.717, 1.165) is 10.6 Å². The van der Waals surface area contributed by atoms with Gasteiger partial charge in [-0.1, -0.05) is 77.1 Å². The molecule has 1 N–H and O–H groups in total. The van der Waals surface area contributed by atoms with Crippen LogP contribution in [0.25, 0.3) is 10.6 Å². The fourth-order valence-electron chi connectivity index (χ4n) is 1.79. The van der Waals surface area contributed by atoms with E-state index in [1.807, 2.05) is 20.8 Å². The number of hydrogen-bond acceptors (Lipinski definition) is 4. The predicted octanol–water partition coefficient (Wildman–Crippen LogP) is 4.49. The fraction of sp³-hybridized carbons (Fsp3) is 0.471. The Morgan fingerprint density at radius 3 is 2.09 bits per heavy atom. The van der Waals surface area contributed by atoms with E-state index in [0.29, 0.717) is 5.13 Å². The van der Waals surface area contributed by atoms with Crippen molar-refractivity contribution in [3.8, 4) is 10.6 Å². The molecule has 4 nitrogen and oxygen atoms in total. The van der Waals surface area contributed by atoms with E-state index in [1.165, 1.54) is 16.9 Å². The molecule has 0 bridgehead atoms. The van der Waals surface area contributed by atoms with Crippen molar-refractivity contribution in [1.82, 2.24) is 10.2 Å². The smallest absolute Gasteiger partial charge is 0.231 e. The van der Waals surface area contributed by atoms with Gasteiger partial charge in [-0.15, -0.1) is 10.2 Å². The van der Waals surface area contributed by atoms with Crippen molar-refractivity contribution in [2.75, 3.05) is 5.32 Å². The first kappa shape index (κ1) is 16.6. The first-order valence-electron chi connectivity index (χ1n) is 7.33. The van der Waals surface area contributed by atoms with Crippen LogP contribution >= 0.6 is 11.3 Å². The van der Waals surface area contributed by atoms with Gasteiger partial charge in [0.05, 0.1) is 0 Å². The molecule has 0 radical (unpaired) electrons. The summed E-state index contributed by atoms with van der Waals surface area (Å²) in [5, 5.41) is 12.4. The van der Waals surface area contributed by atoms with E-state index >= 15 is 0 Å². The number of rotatable bonds is 2. The Bertz CT molecular complexity index is 660. The highest BCUT2D eigenvalue weighted by Crippen LogP contribution is 2.30. The summed E-state index contributed by atoms with van der Waals surface area (Å²) in [5.74, 6) is -0.0571. The summed E-state index contributed by atoms with van der Waals surface area (Å²) in [6.07, 6.45) is 0. The summed E-state index contributed by atoms with van der Waals surface area (Å²) in [7, 11) is 0. The highest BCUT2D eigenvalue weighted by Gasteiger charge is 2.22. The normalized spacial score (nSPS) is 12.3. The van der Waals surface area contributed by atoms with Crippen LogP contribution in [0.5, 0.6) is 0 Å². The van der Waals surface area contributed by atoms with E-state index in [1.54, 1.807) is 0 Å². The van der Waals surface area contributed by atoms with Crippen LogP contribution in [0.3, 0.4) is 0 Å². The van der Waals surface area contributed by atoms with Gasteiger partial charge in [-0.05, 0) is 11.0 Å². The van der Waals surface area contributed by atoms with Gasteiger partial charge in [0.2, 0.25) is 11.0 Å². The van der Waals surface area contributed by atoms with Crippen LogP contribution in [0.2, 0.25) is 0 Å². The number of benzene rings is 1. The molecular weight excluding hydrogens is 294 g/mol. The average molecular weight is 317 g/mol. The van der Waals surface area contributed by atoms with Crippen molar-refractivity contribution in [2.24, 2.45) is 5.41 Å². The number of anilines is 1. The molecule has 0 atom stereocenters. The molecule has 0 aliphatic heterocycles. The Kier molecular flexibility index (Phi) is 4.38. The minimum absolute atomic E-state index is 0.0571. The summed E-state index contributed by atoms with van der Waals surface area (Å²) in [6.45, 7) is 12.2. The predicted molar refractivity (Wildman–Crippen MR) is 92.1 cm³/mol. The standard InChI is InChI=1S/C17H23N3OS/c1-16(2,3)12-9-7-11(8-10-12)13-19-20-15(22-13)18-14(21)17(4,5)6/h7-10H,1-6H3,(H,18,20,21). The molecule has 1 heterocycles. The van der Waals surface area contributed by atoms with E-state index in [2.05, 4.69) is 60.6 Å². The van der Waals surface area contributed by atoms with Crippen molar-refractivity contribution in [3.05, 3.63) is 29.8 Å². The molecule has 0 fully saturated rings. The molecule has 5 heteroatoms. The second-order valence-corrected chi connectivity index (χ2v) is 8.42. The largest absolute Gasteiger partial charge is 0.300 e. The number of nitrogens with one attached hydrogen (secondary N) is 1. The maximum atomic E-state index is 12.0. The van der Waals surface area contributed by atoms with Crippen molar-refractivity contribution < 1.29 is 4.79 Å². The van der Waals surface area contributed by atoms with E-state index in [9.17, 15) is 4.79 Å². The minimum atomic E-state index is -0.444. The van der Waals surface area contributed by atoms with Gasteiger partial charge in [0.15, 0.2) is 0 Å². The number of nitrogens with zero attached hydrogens (tertiary/aromatic N) is 2. The molecule has 0 unspecified atom stereocenters. The third kappa shape index (κ3) is 3.91. The SMILES string of the molecule is CC(C)(C)C(=O)Nc1nnc(-c2ccc(C(C)(C)C)cc2)s1. The molecule has 1 aromatic heterocycles. The Morgan fingerprint density at radius 2 is 1.59 bits per heavy atom. The lowest BCUT2D eigenvalue weighted by molar-refractivity contribution is -0.123. The van der Waals surface area contributed by atoms with Gasteiger partial charge in [0, 0.05) is 11.0 Å². The maximum absolute atomic E-state index is 12.0. The van der Waals surface area contributed by atoms with Crippen molar-refractivity contribution in [3.63, 3.8) is 0 Å². The zero-order chi connectivity index (χ0) is 16.5. The Hall–Kier alpha value is -1.75. The lowest BCUT2D eigenvalue weighted by Gasteiger charge is -2.18. The summed E-state index contributed by atoms with van der Waals surface area (Å²) in [4.78, 5) is 12.0. The zero-order valence-corrected chi connectivity index (χ0v) is 14.8. The van der Waals surface area contributed by atoms with E-state index in [4.69, 9.17) is 0 Å². The zero-order valence-electron chi connectivity index (χ0n) is 14.0. The van der Waals surface area contributed by atoms with Crippen LogP contribution in [-0.4, -0.2) is 16.1 Å². The maximum Gasteiger partial charge on any atom is 0.231 e. The molecule has 0 saturated heterocycles. The van der Waals surface area contributed by atoms with Crippen LogP contribution in [0.4, 0.5) is 5.13 Å². The first-order chi connectivity index (χ1) is 10.1. The van der Waals surface area contributed by atoms with Crippen LogP contribution in [0, 0.1) is 5.41 Å². The molecule has 1 amide bonds. The fourth-order valence-corrected chi connectivity index (χ4v) is 2.53. The second-order valence-electron chi connectivity index (χ2n) is 7.44. The quantitative estimate of drug-likeness (QED) is 0.888. The summed E-state index contributed by atoms with van der Waals surface area (Å²) in [5.41, 5.74) is 1.98. The van der Waals surface area contributed by atoms with Gasteiger partial charge in [-0.25, -0.2) is 0 Å². The lowest BCUT2D eigenvalue weighted by atomic mass is 9.87. The van der Waals surface area contributed by atoms with Gasteiger partial charge in [-0.3, -0.25) is 4.79 Å². The highest BCUT2D eigenvalue weighted by atomic mass is 32.1. The number of hydrogen-bond donors (Lipinski definition) is 1. The molecule has 0 aliphatic carbocycles. The summed E-state index contributed by atoms with van der Waals surface area (Å²) in [6, 6.07) is 8.33. The van der Waals surface area contributed by atoms with Crippen LogP contribution in [0.1, 0.15) is 47.1 Å². The van der Waals surface area contributed by atoms with Gasteiger partial charge in [-0.2, -0.15) is 0 Å². The van der Waals surface area contributed by atoms with Crippen LogP contribution < -0.4 is 5.32 Å². The summed E-state index contributed by atoms with van der Waals surface area (Å²) < 4.78 is 0. The average Bonchev–Trinajstić information content (AvgIpc) is 2.85. The number of aromatic nitrogens is 2. The molecule has 0 spiro atoms. The highest BCUT2D eigenvalue weighted by molar-refractivity contribution is 7.18. The molecule has 2 rings (SSSR count). The van der Waals surface area contributed by atoms with Crippen LogP contribution in [0.15, 0.2) is 24.3 Å². The molecular formula is C17H23N3OS. The van der Waals surface area contributed by atoms with Gasteiger partial charge < -0.3 is 5.32 Å². The Balaban J connectivity index is 2.16. The van der Waals surface area contributed by atoms with Gasteiger partial charge >= 0.3 is 0 Å². The molecule has 22 heavy (non-hydrogen) atoms. The second kappa shape index (κ2) is 5.80. The summed E-state index contributed by atoms with van der Waals surface area (Å²) >= 11 is 1.39. The monoisotopic (exact) mass is 317 g/mol. The van der Waals surface area contributed by atoms with Gasteiger partial charge in [0.25, 0.3) is 0 Å². The first-order valence-corrected chi connectivity index (χ1v) is 8.15. The molecule has 2 aromatic rings. The number of carbonyl (C=O) groups excluding carboxylic acids is 1. The molecule has 0 aliphatic rings. The number of carbonyl (C=O) groups is 1. The molecule has 1 aromatic carbocycles. The van der Waals surface area contributed by atoms with E-state index in [-0.39, 0.29) is 11.3 Å². The van der Waals surface area contributed by atoms with Crippen LogP contribution in [-0.2, 0) is 10.2 Å². The van der Waals surface area contributed by atoms with Crippen molar-refractivity contribution in [2.45, 2.75) is 47.0 Å². The number of amides is 1. The van der Waals surface area contributed by atoms with E-state index < -0.39 is 5.41 Å². The molecule has 118 valence electrons. The molecule has 0 saturated carbocycles. The third-order valence-corrected chi connectivity index (χ3v) is 4.21. The topological polar surface area (TPSA) is 54.9 Å². The Labute approximate surface area is 136 Å². The van der Waals surface area contributed by atoms with Crippen molar-refractivity contribution in [1.29, 1.82) is 0 Å². The van der Waals surface area contributed by atoms with Crippen molar-refractivity contribution >= 4 is 22.4 Å². The third-order valence-electron chi connectivity index (χ3n) is 3.32. The van der Waals surface area contributed by atoms with Gasteiger partial charge in [0.1, 0.15) is 5.01 Å². The minimum Gasteiger partial charge on any atom is -0.300 e.